The number of rotatable bonds is 10. The van der Waals surface area contributed by atoms with Crippen molar-refractivity contribution in [3.8, 4) is 0 Å². The number of aliphatic imine (C=N–C) groups is 1. The van der Waals surface area contributed by atoms with Gasteiger partial charge in [-0.15, -0.1) is 24.0 Å². The summed E-state index contributed by atoms with van der Waals surface area (Å²) in [6, 6.07) is 6.15. The van der Waals surface area contributed by atoms with Crippen molar-refractivity contribution in [3.63, 3.8) is 0 Å². The van der Waals surface area contributed by atoms with Crippen LogP contribution in [0.5, 0.6) is 0 Å². The van der Waals surface area contributed by atoms with E-state index < -0.39 is 10.0 Å². The van der Waals surface area contributed by atoms with Crippen LogP contribution in [0.2, 0.25) is 5.02 Å². The minimum absolute atomic E-state index is 0. The second-order valence-corrected chi connectivity index (χ2v) is 7.09. The molecular weight excluding hydrogens is 479 g/mol. The lowest BCUT2D eigenvalue weighted by atomic mass is 10.4. The topological polar surface area (TPSA) is 91.8 Å². The molecule has 0 fully saturated rings. The number of nitrogens with zero attached hydrogens (tertiary/aromatic N) is 1. The number of ether oxygens (including phenoxy) is 1. The summed E-state index contributed by atoms with van der Waals surface area (Å²) in [5.41, 5.74) is 0. The van der Waals surface area contributed by atoms with Gasteiger partial charge in [0, 0.05) is 44.9 Å². The quantitative estimate of drug-likeness (QED) is 0.196. The van der Waals surface area contributed by atoms with Gasteiger partial charge in [-0.05, 0) is 31.5 Å². The van der Waals surface area contributed by atoms with Crippen LogP contribution in [0.25, 0.3) is 0 Å². The van der Waals surface area contributed by atoms with E-state index in [9.17, 15) is 8.42 Å². The van der Waals surface area contributed by atoms with Crippen molar-refractivity contribution >= 4 is 51.6 Å². The minimum Gasteiger partial charge on any atom is -0.385 e. The van der Waals surface area contributed by atoms with Crippen molar-refractivity contribution < 1.29 is 13.2 Å². The molecule has 0 saturated carbocycles. The third kappa shape index (κ3) is 10.2. The summed E-state index contributed by atoms with van der Waals surface area (Å²) in [6.45, 7) is 4.63. The smallest absolute Gasteiger partial charge is 0.240 e. The van der Waals surface area contributed by atoms with Gasteiger partial charge in [-0.3, -0.25) is 4.99 Å². The third-order valence-corrected chi connectivity index (χ3v) is 4.63. The fourth-order valence-corrected chi connectivity index (χ4v) is 3.16. The van der Waals surface area contributed by atoms with Crippen LogP contribution in [0.1, 0.15) is 13.3 Å². The fraction of sp³-hybridized carbons (Fsp3) is 0.533. The van der Waals surface area contributed by atoms with Gasteiger partial charge in [0.05, 0.1) is 4.90 Å². The Labute approximate surface area is 172 Å². The van der Waals surface area contributed by atoms with Crippen molar-refractivity contribution in [2.24, 2.45) is 4.99 Å². The fourth-order valence-electron chi connectivity index (χ4n) is 1.83. The van der Waals surface area contributed by atoms with Crippen LogP contribution in [0.15, 0.2) is 34.2 Å². The summed E-state index contributed by atoms with van der Waals surface area (Å²) in [6.07, 6.45) is 0.828. The molecule has 0 aliphatic carbocycles. The molecule has 0 amide bonds. The molecule has 0 aliphatic rings. The number of sulfonamides is 1. The maximum atomic E-state index is 12.1. The number of benzene rings is 1. The molecule has 7 nitrogen and oxygen atoms in total. The van der Waals surface area contributed by atoms with E-state index in [0.717, 1.165) is 13.0 Å². The maximum Gasteiger partial charge on any atom is 0.240 e. The first-order chi connectivity index (χ1) is 11.5. The molecule has 0 unspecified atom stereocenters. The number of guanidine groups is 1. The molecule has 10 heteroatoms. The second-order valence-electron chi connectivity index (χ2n) is 4.89. The Kier molecular flexibility index (Phi) is 13.2. The van der Waals surface area contributed by atoms with Crippen molar-refractivity contribution in [1.82, 2.24) is 15.4 Å². The summed E-state index contributed by atoms with van der Waals surface area (Å²) in [5.74, 6) is 0.649. The van der Waals surface area contributed by atoms with Crippen molar-refractivity contribution in [2.75, 3.05) is 39.9 Å². The standard InChI is InChI=1S/C15H25ClN4O3S.HI/c1-3-17-15(18-8-5-11-23-2)19-9-10-20-24(21,22)14-7-4-6-13(16)12-14;/h4,6-7,12,20H,3,5,8-11H2,1-2H3,(H2,17,18,19);1H. The van der Waals surface area contributed by atoms with Gasteiger partial charge in [0.1, 0.15) is 0 Å². The largest absolute Gasteiger partial charge is 0.385 e. The molecule has 0 saturated heterocycles. The lowest BCUT2D eigenvalue weighted by molar-refractivity contribution is 0.197. The third-order valence-electron chi connectivity index (χ3n) is 2.94. The molecule has 1 aromatic rings. The monoisotopic (exact) mass is 504 g/mol. The summed E-state index contributed by atoms with van der Waals surface area (Å²) in [4.78, 5) is 4.52. The number of halogens is 2. The van der Waals surface area contributed by atoms with Crippen LogP contribution >= 0.6 is 35.6 Å². The van der Waals surface area contributed by atoms with E-state index in [1.165, 1.54) is 12.1 Å². The molecule has 0 atom stereocenters. The molecule has 1 aromatic carbocycles. The predicted octanol–water partition coefficient (Wildman–Crippen LogP) is 1.83. The molecule has 0 radical (unpaired) electrons. The van der Waals surface area contributed by atoms with Crippen LogP contribution < -0.4 is 15.4 Å². The summed E-state index contributed by atoms with van der Waals surface area (Å²) >= 11 is 5.82. The summed E-state index contributed by atoms with van der Waals surface area (Å²) < 4.78 is 31.8. The molecule has 0 bridgehead atoms. The molecule has 144 valence electrons. The Balaban J connectivity index is 0.00000576. The minimum atomic E-state index is -3.57. The first kappa shape index (κ1) is 24.4. The molecule has 0 spiro atoms. The SMILES string of the molecule is CCNC(=NCCCOC)NCCNS(=O)(=O)c1cccc(Cl)c1.I. The Morgan fingerprint density at radius 3 is 2.68 bits per heavy atom. The maximum absolute atomic E-state index is 12.1. The zero-order valence-electron chi connectivity index (χ0n) is 14.4. The zero-order valence-corrected chi connectivity index (χ0v) is 18.3. The molecule has 0 heterocycles. The zero-order chi connectivity index (χ0) is 17.8. The van der Waals surface area contributed by atoms with Gasteiger partial charge in [0.2, 0.25) is 10.0 Å². The van der Waals surface area contributed by atoms with Gasteiger partial charge in [-0.2, -0.15) is 0 Å². The van der Waals surface area contributed by atoms with Crippen LogP contribution in [-0.2, 0) is 14.8 Å². The Morgan fingerprint density at radius 1 is 1.28 bits per heavy atom. The Bertz CT molecular complexity index is 629. The normalized spacial score (nSPS) is 11.7. The second kappa shape index (κ2) is 13.6. The lowest BCUT2D eigenvalue weighted by Gasteiger charge is -2.12. The van der Waals surface area contributed by atoms with Gasteiger partial charge in [-0.25, -0.2) is 13.1 Å². The average molecular weight is 505 g/mol. The van der Waals surface area contributed by atoms with Crippen molar-refractivity contribution in [1.29, 1.82) is 0 Å². The summed E-state index contributed by atoms with van der Waals surface area (Å²) in [7, 11) is -1.92. The van der Waals surface area contributed by atoms with Gasteiger partial charge in [0.15, 0.2) is 5.96 Å². The van der Waals surface area contributed by atoms with E-state index in [1.807, 2.05) is 6.92 Å². The van der Waals surface area contributed by atoms with E-state index in [1.54, 1.807) is 19.2 Å². The first-order valence-electron chi connectivity index (χ1n) is 7.76. The molecule has 1 rings (SSSR count). The van der Waals surface area contributed by atoms with Gasteiger partial charge in [-0.1, -0.05) is 17.7 Å². The number of nitrogens with one attached hydrogen (secondary N) is 3. The van der Waals surface area contributed by atoms with E-state index in [4.69, 9.17) is 16.3 Å². The molecule has 0 aromatic heterocycles. The van der Waals surface area contributed by atoms with Crippen molar-refractivity contribution in [2.45, 2.75) is 18.2 Å². The van der Waals surface area contributed by atoms with Gasteiger partial charge < -0.3 is 15.4 Å². The van der Waals surface area contributed by atoms with Gasteiger partial charge in [0.25, 0.3) is 0 Å². The van der Waals surface area contributed by atoms with Crippen molar-refractivity contribution in [3.05, 3.63) is 29.3 Å². The van der Waals surface area contributed by atoms with Crippen LogP contribution in [0.3, 0.4) is 0 Å². The van der Waals surface area contributed by atoms with Crippen LogP contribution in [-0.4, -0.2) is 54.3 Å². The number of methoxy groups -OCH3 is 1. The lowest BCUT2D eigenvalue weighted by Crippen LogP contribution is -2.41. The highest BCUT2D eigenvalue weighted by Crippen LogP contribution is 2.14. The number of hydrogen-bond acceptors (Lipinski definition) is 4. The van der Waals surface area contributed by atoms with Crippen LogP contribution in [0, 0.1) is 0 Å². The van der Waals surface area contributed by atoms with E-state index in [-0.39, 0.29) is 35.4 Å². The molecule has 0 aliphatic heterocycles. The first-order valence-corrected chi connectivity index (χ1v) is 9.62. The number of hydrogen-bond donors (Lipinski definition) is 3. The summed E-state index contributed by atoms with van der Waals surface area (Å²) in [5, 5.41) is 6.56. The Morgan fingerprint density at radius 2 is 2.04 bits per heavy atom. The highest BCUT2D eigenvalue weighted by molar-refractivity contribution is 14.0. The average Bonchev–Trinajstić information content (AvgIpc) is 2.55. The van der Waals surface area contributed by atoms with Crippen LogP contribution in [0.4, 0.5) is 0 Å². The highest BCUT2D eigenvalue weighted by atomic mass is 127. The molecule has 25 heavy (non-hydrogen) atoms. The predicted molar refractivity (Wildman–Crippen MR) is 113 cm³/mol. The molecule has 3 N–H and O–H groups in total. The Hall–Kier alpha value is -0.620. The van der Waals surface area contributed by atoms with Gasteiger partial charge >= 0.3 is 0 Å². The van der Waals surface area contributed by atoms with E-state index in [2.05, 4.69) is 20.3 Å². The molecular formula is C15H26ClIN4O3S. The highest BCUT2D eigenvalue weighted by Gasteiger charge is 2.13. The van der Waals surface area contributed by atoms with E-state index >= 15 is 0 Å². The van der Waals surface area contributed by atoms with E-state index in [0.29, 0.717) is 30.7 Å².